The van der Waals surface area contributed by atoms with Crippen molar-refractivity contribution in [3.05, 3.63) is 24.0 Å². The Bertz CT molecular complexity index is 549. The summed E-state index contributed by atoms with van der Waals surface area (Å²) in [5.74, 6) is -0.482. The highest BCUT2D eigenvalue weighted by Crippen LogP contribution is 2.23. The number of halogens is 1. The van der Waals surface area contributed by atoms with Gasteiger partial charge in [-0.1, -0.05) is 0 Å². The van der Waals surface area contributed by atoms with Gasteiger partial charge in [0.15, 0.2) is 0 Å². The van der Waals surface area contributed by atoms with Gasteiger partial charge in [0.1, 0.15) is 11.4 Å². The van der Waals surface area contributed by atoms with Crippen LogP contribution in [0.4, 0.5) is 20.6 Å². The highest BCUT2D eigenvalue weighted by atomic mass is 19.1. The Labute approximate surface area is 137 Å². The molecule has 1 saturated heterocycles. The van der Waals surface area contributed by atoms with E-state index in [1.54, 1.807) is 32.9 Å². The summed E-state index contributed by atoms with van der Waals surface area (Å²) < 4.78 is 19.0. The molecule has 128 valence electrons. The summed E-state index contributed by atoms with van der Waals surface area (Å²) in [4.78, 5) is 14.1. The van der Waals surface area contributed by atoms with E-state index in [1.807, 2.05) is 0 Å². The molecule has 0 bridgehead atoms. The fraction of sp³-hybridized carbons (Fsp3) is 0.588. The van der Waals surface area contributed by atoms with Crippen LogP contribution < -0.4 is 10.6 Å². The van der Waals surface area contributed by atoms with E-state index < -0.39 is 17.5 Å². The number of rotatable bonds is 3. The number of amides is 1. The Morgan fingerprint density at radius 3 is 2.57 bits per heavy atom. The molecule has 1 heterocycles. The van der Waals surface area contributed by atoms with E-state index in [1.165, 1.54) is 6.07 Å². The van der Waals surface area contributed by atoms with Gasteiger partial charge in [0.05, 0.1) is 5.69 Å². The number of likely N-dealkylation sites (tertiary alicyclic amines) is 1. The highest BCUT2D eigenvalue weighted by Gasteiger charge is 2.19. The molecule has 0 unspecified atom stereocenters. The average molecular weight is 323 g/mol. The molecule has 0 radical (unpaired) electrons. The molecule has 0 spiro atoms. The lowest BCUT2D eigenvalue weighted by molar-refractivity contribution is 0.0635. The molecule has 1 aliphatic heterocycles. The fourth-order valence-corrected chi connectivity index (χ4v) is 2.51. The van der Waals surface area contributed by atoms with Crippen molar-refractivity contribution in [1.82, 2.24) is 4.90 Å². The van der Waals surface area contributed by atoms with Crippen molar-refractivity contribution in [2.24, 2.45) is 0 Å². The molecule has 0 aromatic heterocycles. The second-order valence-corrected chi connectivity index (χ2v) is 7.04. The van der Waals surface area contributed by atoms with E-state index in [0.29, 0.717) is 6.04 Å². The van der Waals surface area contributed by atoms with Crippen LogP contribution in [0.15, 0.2) is 18.2 Å². The molecule has 0 atom stereocenters. The molecular formula is C17H26FN3O2. The molecule has 1 aliphatic rings. The van der Waals surface area contributed by atoms with Gasteiger partial charge in [-0.25, -0.2) is 9.18 Å². The molecule has 2 N–H and O–H groups in total. The number of nitrogens with one attached hydrogen (secondary N) is 2. The maximum absolute atomic E-state index is 13.9. The summed E-state index contributed by atoms with van der Waals surface area (Å²) in [6, 6.07) is 5.02. The van der Waals surface area contributed by atoms with Gasteiger partial charge < -0.3 is 15.0 Å². The third-order valence-corrected chi connectivity index (χ3v) is 3.69. The SMILES string of the molecule is CN1CCC(Nc2ccc(F)c(NC(=O)OC(C)(C)C)c2)CC1. The molecule has 23 heavy (non-hydrogen) atoms. The number of carbonyl (C=O) groups excluding carboxylic acids is 1. The largest absolute Gasteiger partial charge is 0.444 e. The molecule has 1 aromatic carbocycles. The van der Waals surface area contributed by atoms with Crippen molar-refractivity contribution in [2.75, 3.05) is 30.8 Å². The van der Waals surface area contributed by atoms with Crippen LogP contribution in [-0.2, 0) is 4.74 Å². The van der Waals surface area contributed by atoms with Crippen molar-refractivity contribution < 1.29 is 13.9 Å². The van der Waals surface area contributed by atoms with E-state index in [4.69, 9.17) is 4.74 Å². The average Bonchev–Trinajstić information content (AvgIpc) is 2.43. The van der Waals surface area contributed by atoms with Gasteiger partial charge in [-0.2, -0.15) is 0 Å². The van der Waals surface area contributed by atoms with E-state index in [0.717, 1.165) is 31.6 Å². The maximum Gasteiger partial charge on any atom is 0.412 e. The third kappa shape index (κ3) is 5.71. The third-order valence-electron chi connectivity index (χ3n) is 3.69. The van der Waals surface area contributed by atoms with Crippen molar-refractivity contribution >= 4 is 17.5 Å². The monoisotopic (exact) mass is 323 g/mol. The van der Waals surface area contributed by atoms with Gasteiger partial charge in [-0.15, -0.1) is 0 Å². The predicted molar refractivity (Wildman–Crippen MR) is 90.4 cm³/mol. The van der Waals surface area contributed by atoms with Crippen LogP contribution in [0.3, 0.4) is 0 Å². The molecule has 1 amide bonds. The van der Waals surface area contributed by atoms with Gasteiger partial charge in [0.25, 0.3) is 0 Å². The lowest BCUT2D eigenvalue weighted by Gasteiger charge is -2.30. The number of hydrogen-bond donors (Lipinski definition) is 2. The molecule has 0 saturated carbocycles. The van der Waals surface area contributed by atoms with E-state index in [2.05, 4.69) is 22.6 Å². The van der Waals surface area contributed by atoms with Crippen LogP contribution in [0.1, 0.15) is 33.6 Å². The van der Waals surface area contributed by atoms with E-state index >= 15 is 0 Å². The Morgan fingerprint density at radius 1 is 1.30 bits per heavy atom. The standard InChI is InChI=1S/C17H26FN3O2/c1-17(2,3)23-16(22)20-15-11-13(5-6-14(15)18)19-12-7-9-21(4)10-8-12/h5-6,11-12,19H,7-10H2,1-4H3,(H,20,22). The number of benzene rings is 1. The van der Waals surface area contributed by atoms with Crippen LogP contribution >= 0.6 is 0 Å². The second kappa shape index (κ2) is 7.17. The van der Waals surface area contributed by atoms with Crippen molar-refractivity contribution in [1.29, 1.82) is 0 Å². The fourth-order valence-electron chi connectivity index (χ4n) is 2.51. The normalized spacial score (nSPS) is 16.9. The smallest absolute Gasteiger partial charge is 0.412 e. The molecule has 1 aromatic rings. The van der Waals surface area contributed by atoms with Crippen molar-refractivity contribution in [3.63, 3.8) is 0 Å². The van der Waals surface area contributed by atoms with Gasteiger partial charge in [-0.3, -0.25) is 5.32 Å². The lowest BCUT2D eigenvalue weighted by Crippen LogP contribution is -2.36. The number of piperidine rings is 1. The summed E-state index contributed by atoms with van der Waals surface area (Å²) in [5.41, 5.74) is 0.300. The van der Waals surface area contributed by atoms with Crippen LogP contribution in [0.25, 0.3) is 0 Å². The van der Waals surface area contributed by atoms with Crippen molar-refractivity contribution in [2.45, 2.75) is 45.3 Å². The van der Waals surface area contributed by atoms with E-state index in [9.17, 15) is 9.18 Å². The minimum absolute atomic E-state index is 0.122. The molecule has 5 nitrogen and oxygen atoms in total. The van der Waals surface area contributed by atoms with E-state index in [-0.39, 0.29) is 5.69 Å². The first-order valence-electron chi connectivity index (χ1n) is 7.97. The highest BCUT2D eigenvalue weighted by molar-refractivity contribution is 5.85. The molecule has 1 fully saturated rings. The zero-order chi connectivity index (χ0) is 17.0. The number of hydrogen-bond acceptors (Lipinski definition) is 4. The van der Waals surface area contributed by atoms with Crippen LogP contribution in [-0.4, -0.2) is 42.8 Å². The zero-order valence-electron chi connectivity index (χ0n) is 14.3. The molecule has 6 heteroatoms. The molecular weight excluding hydrogens is 297 g/mol. The van der Waals surface area contributed by atoms with Crippen LogP contribution in [0.2, 0.25) is 0 Å². The van der Waals surface area contributed by atoms with Gasteiger partial charge in [0, 0.05) is 11.7 Å². The lowest BCUT2D eigenvalue weighted by atomic mass is 10.1. The van der Waals surface area contributed by atoms with Gasteiger partial charge in [-0.05, 0) is 71.9 Å². The zero-order valence-corrected chi connectivity index (χ0v) is 14.3. The second-order valence-electron chi connectivity index (χ2n) is 7.04. The Kier molecular flexibility index (Phi) is 5.46. The number of carbonyl (C=O) groups is 1. The number of ether oxygens (including phenoxy) is 1. The summed E-state index contributed by atoms with van der Waals surface area (Å²) in [6.07, 6.45) is 1.43. The summed E-state index contributed by atoms with van der Waals surface area (Å²) >= 11 is 0. The Morgan fingerprint density at radius 2 is 1.96 bits per heavy atom. The quantitative estimate of drug-likeness (QED) is 0.891. The van der Waals surface area contributed by atoms with Gasteiger partial charge >= 0.3 is 6.09 Å². The Balaban J connectivity index is 1.99. The summed E-state index contributed by atoms with van der Waals surface area (Å²) in [7, 11) is 2.11. The summed E-state index contributed by atoms with van der Waals surface area (Å²) in [6.45, 7) is 7.38. The topological polar surface area (TPSA) is 53.6 Å². The molecule has 0 aliphatic carbocycles. The first kappa shape index (κ1) is 17.5. The Hall–Kier alpha value is -1.82. The van der Waals surface area contributed by atoms with Crippen LogP contribution in [0, 0.1) is 5.82 Å². The maximum atomic E-state index is 13.9. The van der Waals surface area contributed by atoms with Crippen LogP contribution in [0.5, 0.6) is 0 Å². The number of anilines is 2. The minimum Gasteiger partial charge on any atom is -0.444 e. The first-order chi connectivity index (χ1) is 10.7. The first-order valence-corrected chi connectivity index (χ1v) is 7.97. The van der Waals surface area contributed by atoms with Gasteiger partial charge in [0.2, 0.25) is 0 Å². The minimum atomic E-state index is -0.659. The predicted octanol–water partition coefficient (Wildman–Crippen LogP) is 3.68. The number of nitrogens with zero attached hydrogens (tertiary/aromatic N) is 1. The molecule has 2 rings (SSSR count). The van der Waals surface area contributed by atoms with Crippen molar-refractivity contribution in [3.8, 4) is 0 Å². The summed E-state index contributed by atoms with van der Waals surface area (Å²) in [5, 5.41) is 5.87.